The van der Waals surface area contributed by atoms with Gasteiger partial charge in [0, 0.05) is 6.42 Å². The van der Waals surface area contributed by atoms with Crippen molar-refractivity contribution in [1.29, 1.82) is 0 Å². The van der Waals surface area contributed by atoms with E-state index in [1.807, 2.05) is 6.92 Å². The van der Waals surface area contributed by atoms with Crippen LogP contribution < -0.4 is 0 Å². The maximum Gasteiger partial charge on any atom is 0.306 e. The van der Waals surface area contributed by atoms with Gasteiger partial charge in [-0.25, -0.2) is 0 Å². The average Bonchev–Trinajstić information content (AvgIpc) is 2.64. The molecule has 156 valence electrons. The zero-order valence-corrected chi connectivity index (χ0v) is 17.4. The van der Waals surface area contributed by atoms with Crippen LogP contribution in [0, 0.1) is 0 Å². The van der Waals surface area contributed by atoms with E-state index in [0.29, 0.717) is 12.8 Å². The predicted octanol–water partition coefficient (Wildman–Crippen LogP) is 5.53. The summed E-state index contributed by atoms with van der Waals surface area (Å²) < 4.78 is 5.16. The molecule has 4 heteroatoms. The number of carbonyl (C=O) groups excluding carboxylic acids is 1. The fourth-order valence-electron chi connectivity index (χ4n) is 3.16. The summed E-state index contributed by atoms with van der Waals surface area (Å²) in [6.45, 7) is 4.05. The zero-order valence-electron chi connectivity index (χ0n) is 17.4. The number of unbranched alkanes of at least 4 members (excludes halogenated alkanes) is 10. The maximum atomic E-state index is 11.6. The fourth-order valence-corrected chi connectivity index (χ4v) is 3.16. The summed E-state index contributed by atoms with van der Waals surface area (Å²) in [5.74, 6) is -0.198. The summed E-state index contributed by atoms with van der Waals surface area (Å²) in [5.41, 5.74) is 0. The number of aliphatic hydroxyl groups excluding tert-OH is 2. The van der Waals surface area contributed by atoms with E-state index >= 15 is 0 Å². The SMILES string of the molecule is CCCCCCCCCC(O)CCCCCCCC(=O)OC(CC)CO. The van der Waals surface area contributed by atoms with Crippen LogP contribution in [0.4, 0.5) is 0 Å². The molecule has 0 heterocycles. The third kappa shape index (κ3) is 16.8. The molecule has 2 N–H and O–H groups in total. The first kappa shape index (κ1) is 25.4. The molecule has 26 heavy (non-hydrogen) atoms. The Morgan fingerprint density at radius 2 is 1.31 bits per heavy atom. The Morgan fingerprint density at radius 3 is 1.81 bits per heavy atom. The highest BCUT2D eigenvalue weighted by Crippen LogP contribution is 2.14. The number of ether oxygens (including phenoxy) is 1. The Balaban J connectivity index is 3.34. The molecule has 0 amide bonds. The van der Waals surface area contributed by atoms with Crippen molar-refractivity contribution in [1.82, 2.24) is 0 Å². The number of esters is 1. The van der Waals surface area contributed by atoms with E-state index < -0.39 is 0 Å². The number of aliphatic hydroxyl groups is 2. The van der Waals surface area contributed by atoms with Crippen LogP contribution in [0.1, 0.15) is 117 Å². The van der Waals surface area contributed by atoms with E-state index in [1.165, 1.54) is 38.5 Å². The Kier molecular flexibility index (Phi) is 18.7. The number of hydrogen-bond donors (Lipinski definition) is 2. The topological polar surface area (TPSA) is 66.8 Å². The first-order valence-electron chi connectivity index (χ1n) is 11.1. The van der Waals surface area contributed by atoms with Gasteiger partial charge in [-0.05, 0) is 25.7 Å². The molecule has 0 aliphatic carbocycles. The summed E-state index contributed by atoms with van der Waals surface area (Å²) >= 11 is 0. The summed E-state index contributed by atoms with van der Waals surface area (Å²) in [6.07, 6.45) is 16.7. The molecule has 0 bridgehead atoms. The van der Waals surface area contributed by atoms with Crippen LogP contribution in [0.5, 0.6) is 0 Å². The van der Waals surface area contributed by atoms with E-state index in [9.17, 15) is 9.90 Å². The van der Waals surface area contributed by atoms with Crippen molar-refractivity contribution in [3.05, 3.63) is 0 Å². The van der Waals surface area contributed by atoms with E-state index in [2.05, 4.69) is 6.92 Å². The molecule has 0 saturated carbocycles. The summed E-state index contributed by atoms with van der Waals surface area (Å²) in [7, 11) is 0. The van der Waals surface area contributed by atoms with Gasteiger partial charge in [-0.1, -0.05) is 84.5 Å². The molecule has 0 spiro atoms. The van der Waals surface area contributed by atoms with Crippen molar-refractivity contribution in [3.8, 4) is 0 Å². The van der Waals surface area contributed by atoms with Gasteiger partial charge in [-0.3, -0.25) is 4.79 Å². The van der Waals surface area contributed by atoms with Crippen LogP contribution in [0.2, 0.25) is 0 Å². The Hall–Kier alpha value is -0.610. The van der Waals surface area contributed by atoms with Crippen molar-refractivity contribution in [2.24, 2.45) is 0 Å². The molecule has 0 aliphatic rings. The Bertz CT molecular complexity index is 303. The molecule has 4 nitrogen and oxygen atoms in total. The molecular weight excluding hydrogens is 328 g/mol. The third-order valence-electron chi connectivity index (χ3n) is 5.02. The van der Waals surface area contributed by atoms with Crippen LogP contribution in [0.15, 0.2) is 0 Å². The second kappa shape index (κ2) is 19.2. The van der Waals surface area contributed by atoms with Gasteiger partial charge in [0.15, 0.2) is 0 Å². The van der Waals surface area contributed by atoms with Gasteiger partial charge in [-0.15, -0.1) is 0 Å². The molecule has 0 radical (unpaired) electrons. The standard InChI is InChI=1S/C22H44O4/c1-3-5-6-7-8-10-13-16-20(24)17-14-11-9-12-15-18-22(25)26-21(4-2)19-23/h20-21,23-24H,3-19H2,1-2H3. The van der Waals surface area contributed by atoms with Crippen molar-refractivity contribution in [2.45, 2.75) is 129 Å². The van der Waals surface area contributed by atoms with E-state index in [0.717, 1.165) is 51.4 Å². The Labute approximate surface area is 161 Å². The zero-order chi connectivity index (χ0) is 19.5. The minimum Gasteiger partial charge on any atom is -0.460 e. The molecule has 0 aromatic carbocycles. The fraction of sp³-hybridized carbons (Fsp3) is 0.955. The van der Waals surface area contributed by atoms with E-state index in [-0.39, 0.29) is 24.8 Å². The van der Waals surface area contributed by atoms with E-state index in [1.54, 1.807) is 0 Å². The van der Waals surface area contributed by atoms with Gasteiger partial charge < -0.3 is 14.9 Å². The van der Waals surface area contributed by atoms with Gasteiger partial charge in [0.25, 0.3) is 0 Å². The molecule has 0 rings (SSSR count). The van der Waals surface area contributed by atoms with Crippen LogP contribution in [0.3, 0.4) is 0 Å². The minimum absolute atomic E-state index is 0.0938. The number of carbonyl (C=O) groups is 1. The highest BCUT2D eigenvalue weighted by molar-refractivity contribution is 5.69. The van der Waals surface area contributed by atoms with E-state index in [4.69, 9.17) is 9.84 Å². The lowest BCUT2D eigenvalue weighted by Gasteiger charge is -2.13. The van der Waals surface area contributed by atoms with Crippen molar-refractivity contribution in [3.63, 3.8) is 0 Å². The Morgan fingerprint density at radius 1 is 0.808 bits per heavy atom. The van der Waals surface area contributed by atoms with Crippen molar-refractivity contribution < 1.29 is 19.7 Å². The second-order valence-corrected chi connectivity index (χ2v) is 7.57. The monoisotopic (exact) mass is 372 g/mol. The van der Waals surface area contributed by atoms with Gasteiger partial charge in [0.2, 0.25) is 0 Å². The average molecular weight is 373 g/mol. The maximum absolute atomic E-state index is 11.6. The smallest absolute Gasteiger partial charge is 0.306 e. The van der Waals surface area contributed by atoms with Gasteiger partial charge >= 0.3 is 5.97 Å². The molecule has 0 aromatic heterocycles. The van der Waals surface area contributed by atoms with Gasteiger partial charge in [0.1, 0.15) is 6.10 Å². The molecule has 0 aromatic rings. The molecular formula is C22H44O4. The summed E-state index contributed by atoms with van der Waals surface area (Å²) in [4.78, 5) is 11.6. The lowest BCUT2D eigenvalue weighted by atomic mass is 10.0. The van der Waals surface area contributed by atoms with Crippen LogP contribution in [0.25, 0.3) is 0 Å². The first-order chi connectivity index (χ1) is 12.6. The summed E-state index contributed by atoms with van der Waals surface area (Å²) in [6, 6.07) is 0. The lowest BCUT2D eigenvalue weighted by molar-refractivity contribution is -0.151. The highest BCUT2D eigenvalue weighted by Gasteiger charge is 2.10. The van der Waals surface area contributed by atoms with Crippen LogP contribution in [-0.4, -0.2) is 35.0 Å². The largest absolute Gasteiger partial charge is 0.460 e. The summed E-state index contributed by atoms with van der Waals surface area (Å²) in [5, 5.41) is 19.0. The molecule has 2 atom stereocenters. The van der Waals surface area contributed by atoms with Gasteiger partial charge in [-0.2, -0.15) is 0 Å². The molecule has 0 fully saturated rings. The minimum atomic E-state index is -0.347. The third-order valence-corrected chi connectivity index (χ3v) is 5.02. The molecule has 0 aliphatic heterocycles. The highest BCUT2D eigenvalue weighted by atomic mass is 16.5. The first-order valence-corrected chi connectivity index (χ1v) is 11.1. The normalized spacial score (nSPS) is 13.5. The second-order valence-electron chi connectivity index (χ2n) is 7.57. The quantitative estimate of drug-likeness (QED) is 0.231. The van der Waals surface area contributed by atoms with Crippen molar-refractivity contribution >= 4 is 5.97 Å². The van der Waals surface area contributed by atoms with Crippen molar-refractivity contribution in [2.75, 3.05) is 6.61 Å². The van der Waals surface area contributed by atoms with Gasteiger partial charge in [0.05, 0.1) is 12.7 Å². The molecule has 2 unspecified atom stereocenters. The van der Waals surface area contributed by atoms with Crippen LogP contribution in [-0.2, 0) is 9.53 Å². The van der Waals surface area contributed by atoms with Crippen LogP contribution >= 0.6 is 0 Å². The number of rotatable bonds is 19. The number of hydrogen-bond acceptors (Lipinski definition) is 4. The lowest BCUT2D eigenvalue weighted by Crippen LogP contribution is -2.20. The molecule has 0 saturated heterocycles. The predicted molar refractivity (Wildman–Crippen MR) is 108 cm³/mol.